The van der Waals surface area contributed by atoms with Gasteiger partial charge in [-0.2, -0.15) is 0 Å². The lowest BCUT2D eigenvalue weighted by Crippen LogP contribution is -2.28. The molecule has 0 saturated heterocycles. The van der Waals surface area contributed by atoms with Crippen LogP contribution in [0.2, 0.25) is 5.02 Å². The third-order valence-electron chi connectivity index (χ3n) is 4.35. The van der Waals surface area contributed by atoms with Gasteiger partial charge in [0.2, 0.25) is 5.91 Å². The standard InChI is InChI=1S/C22H23ClN2O3S/c1-14-4-9-20(27-3)19(10-14)15(2)24-21(26)11-17-13-29-22(25-17)12-28-18-7-5-16(23)6-8-18/h4-10,13,15H,11-12H2,1-3H3,(H,24,26). The lowest BCUT2D eigenvalue weighted by Gasteiger charge is -2.17. The van der Waals surface area contributed by atoms with Gasteiger partial charge in [0.1, 0.15) is 23.1 Å². The first-order valence-electron chi connectivity index (χ1n) is 9.20. The predicted molar refractivity (Wildman–Crippen MR) is 116 cm³/mol. The van der Waals surface area contributed by atoms with Crippen molar-refractivity contribution in [1.82, 2.24) is 10.3 Å². The molecule has 0 fully saturated rings. The van der Waals surface area contributed by atoms with Gasteiger partial charge in [0, 0.05) is 16.0 Å². The molecule has 1 amide bonds. The Morgan fingerprint density at radius 1 is 1.24 bits per heavy atom. The lowest BCUT2D eigenvalue weighted by molar-refractivity contribution is -0.121. The van der Waals surface area contributed by atoms with Crippen LogP contribution in [-0.4, -0.2) is 18.0 Å². The van der Waals surface area contributed by atoms with Crippen LogP contribution in [0.5, 0.6) is 11.5 Å². The van der Waals surface area contributed by atoms with E-state index in [0.29, 0.717) is 11.6 Å². The molecule has 1 unspecified atom stereocenters. The summed E-state index contributed by atoms with van der Waals surface area (Å²) in [6.07, 6.45) is 0.218. The molecule has 0 aliphatic heterocycles. The first kappa shape index (κ1) is 21.1. The van der Waals surface area contributed by atoms with E-state index in [1.54, 1.807) is 19.2 Å². The second kappa shape index (κ2) is 9.76. The maximum atomic E-state index is 12.5. The molecule has 1 atom stereocenters. The van der Waals surface area contributed by atoms with Crippen molar-refractivity contribution < 1.29 is 14.3 Å². The molecule has 1 aromatic heterocycles. The number of ether oxygens (including phenoxy) is 2. The molecular weight excluding hydrogens is 408 g/mol. The molecule has 1 heterocycles. The largest absolute Gasteiger partial charge is 0.496 e. The quantitative estimate of drug-likeness (QED) is 0.539. The van der Waals surface area contributed by atoms with Gasteiger partial charge in [0.25, 0.3) is 0 Å². The minimum absolute atomic E-state index is 0.0865. The highest BCUT2D eigenvalue weighted by Crippen LogP contribution is 2.26. The summed E-state index contributed by atoms with van der Waals surface area (Å²) in [5.41, 5.74) is 2.80. The van der Waals surface area contributed by atoms with Crippen molar-refractivity contribution in [2.24, 2.45) is 0 Å². The van der Waals surface area contributed by atoms with Crippen LogP contribution in [0.1, 0.15) is 34.8 Å². The normalized spacial score (nSPS) is 11.7. The van der Waals surface area contributed by atoms with Crippen molar-refractivity contribution >= 4 is 28.8 Å². The van der Waals surface area contributed by atoms with E-state index in [9.17, 15) is 4.79 Å². The smallest absolute Gasteiger partial charge is 0.226 e. The summed E-state index contributed by atoms with van der Waals surface area (Å²) in [6, 6.07) is 12.9. The molecule has 29 heavy (non-hydrogen) atoms. The number of amides is 1. The third-order valence-corrected chi connectivity index (χ3v) is 5.47. The summed E-state index contributed by atoms with van der Waals surface area (Å²) in [7, 11) is 1.63. The predicted octanol–water partition coefficient (Wildman–Crippen LogP) is 5.11. The van der Waals surface area contributed by atoms with Gasteiger partial charge in [0.15, 0.2) is 0 Å². The van der Waals surface area contributed by atoms with Crippen molar-refractivity contribution in [3.8, 4) is 11.5 Å². The van der Waals surface area contributed by atoms with Gasteiger partial charge in [-0.3, -0.25) is 4.79 Å². The second-order valence-electron chi connectivity index (χ2n) is 6.69. The van der Waals surface area contributed by atoms with Gasteiger partial charge in [-0.25, -0.2) is 4.98 Å². The van der Waals surface area contributed by atoms with Crippen LogP contribution < -0.4 is 14.8 Å². The van der Waals surface area contributed by atoms with Gasteiger partial charge in [-0.15, -0.1) is 11.3 Å². The summed E-state index contributed by atoms with van der Waals surface area (Å²) in [6.45, 7) is 4.31. The summed E-state index contributed by atoms with van der Waals surface area (Å²) in [5, 5.41) is 6.39. The number of nitrogens with zero attached hydrogens (tertiary/aromatic N) is 1. The minimum Gasteiger partial charge on any atom is -0.496 e. The van der Waals surface area contributed by atoms with E-state index in [-0.39, 0.29) is 18.4 Å². The number of hydrogen-bond acceptors (Lipinski definition) is 5. The number of aryl methyl sites for hydroxylation is 1. The van der Waals surface area contributed by atoms with Gasteiger partial charge >= 0.3 is 0 Å². The number of carbonyl (C=O) groups excluding carboxylic acids is 1. The monoisotopic (exact) mass is 430 g/mol. The summed E-state index contributed by atoms with van der Waals surface area (Å²) < 4.78 is 11.1. The van der Waals surface area contributed by atoms with Gasteiger partial charge in [-0.1, -0.05) is 29.3 Å². The van der Waals surface area contributed by atoms with Gasteiger partial charge < -0.3 is 14.8 Å². The summed E-state index contributed by atoms with van der Waals surface area (Å²) in [4.78, 5) is 17.0. The van der Waals surface area contributed by atoms with Crippen LogP contribution in [0.3, 0.4) is 0 Å². The Kier molecular flexibility index (Phi) is 7.12. The average molecular weight is 431 g/mol. The zero-order valence-electron chi connectivity index (χ0n) is 16.6. The van der Waals surface area contributed by atoms with Crippen LogP contribution in [0, 0.1) is 6.92 Å². The number of aromatic nitrogens is 1. The van der Waals surface area contributed by atoms with Crippen molar-refractivity contribution in [2.75, 3.05) is 7.11 Å². The van der Waals surface area contributed by atoms with E-state index >= 15 is 0 Å². The molecule has 152 valence electrons. The number of carbonyl (C=O) groups is 1. The van der Waals surface area contributed by atoms with Crippen molar-refractivity contribution in [3.05, 3.63) is 74.7 Å². The Balaban J connectivity index is 1.54. The molecule has 7 heteroatoms. The van der Waals surface area contributed by atoms with E-state index in [2.05, 4.69) is 10.3 Å². The molecule has 3 aromatic rings. The Morgan fingerprint density at radius 2 is 2.00 bits per heavy atom. The first-order valence-corrected chi connectivity index (χ1v) is 10.5. The van der Waals surface area contributed by atoms with Crippen LogP contribution in [0.25, 0.3) is 0 Å². The fourth-order valence-corrected chi connectivity index (χ4v) is 3.73. The number of methoxy groups -OCH3 is 1. The summed E-state index contributed by atoms with van der Waals surface area (Å²) >= 11 is 7.34. The zero-order chi connectivity index (χ0) is 20.8. The molecule has 0 saturated carbocycles. The highest BCUT2D eigenvalue weighted by Gasteiger charge is 2.16. The topological polar surface area (TPSA) is 60.5 Å². The number of benzene rings is 2. The lowest BCUT2D eigenvalue weighted by atomic mass is 10.0. The molecule has 3 rings (SSSR count). The van der Waals surface area contributed by atoms with E-state index < -0.39 is 0 Å². The van der Waals surface area contributed by atoms with Crippen molar-refractivity contribution in [1.29, 1.82) is 0 Å². The molecule has 0 spiro atoms. The maximum absolute atomic E-state index is 12.5. The number of hydrogen-bond donors (Lipinski definition) is 1. The zero-order valence-corrected chi connectivity index (χ0v) is 18.1. The number of thiazole rings is 1. The van der Waals surface area contributed by atoms with Crippen LogP contribution >= 0.6 is 22.9 Å². The maximum Gasteiger partial charge on any atom is 0.226 e. The Bertz CT molecular complexity index is 972. The molecule has 2 aromatic carbocycles. The van der Waals surface area contributed by atoms with E-state index in [1.807, 2.05) is 49.6 Å². The highest BCUT2D eigenvalue weighted by atomic mass is 35.5. The molecule has 1 N–H and O–H groups in total. The minimum atomic E-state index is -0.163. The van der Waals surface area contributed by atoms with E-state index in [1.165, 1.54) is 11.3 Å². The first-order chi connectivity index (χ1) is 13.9. The second-order valence-corrected chi connectivity index (χ2v) is 8.07. The van der Waals surface area contributed by atoms with Crippen LogP contribution in [0.4, 0.5) is 0 Å². The number of halogens is 1. The Labute approximate surface area is 179 Å². The number of nitrogens with one attached hydrogen (secondary N) is 1. The van der Waals surface area contributed by atoms with E-state index in [4.69, 9.17) is 21.1 Å². The van der Waals surface area contributed by atoms with Crippen molar-refractivity contribution in [2.45, 2.75) is 32.9 Å². The van der Waals surface area contributed by atoms with Crippen molar-refractivity contribution in [3.63, 3.8) is 0 Å². The fourth-order valence-electron chi connectivity index (χ4n) is 2.90. The Hall–Kier alpha value is -2.57. The van der Waals surface area contributed by atoms with Crippen LogP contribution in [-0.2, 0) is 17.8 Å². The van der Waals surface area contributed by atoms with Gasteiger partial charge in [0.05, 0.1) is 25.3 Å². The molecular formula is C22H23ClN2O3S. The number of rotatable bonds is 8. The highest BCUT2D eigenvalue weighted by molar-refractivity contribution is 7.09. The third kappa shape index (κ3) is 5.95. The van der Waals surface area contributed by atoms with Gasteiger partial charge in [-0.05, 0) is 44.2 Å². The van der Waals surface area contributed by atoms with E-state index in [0.717, 1.165) is 33.3 Å². The molecule has 5 nitrogen and oxygen atoms in total. The van der Waals surface area contributed by atoms with Crippen LogP contribution in [0.15, 0.2) is 47.8 Å². The molecule has 0 radical (unpaired) electrons. The fraction of sp³-hybridized carbons (Fsp3) is 0.273. The average Bonchev–Trinajstić information content (AvgIpc) is 3.14. The molecule has 0 aliphatic rings. The SMILES string of the molecule is COc1ccc(C)cc1C(C)NC(=O)Cc1csc(COc2ccc(Cl)cc2)n1. The summed E-state index contributed by atoms with van der Waals surface area (Å²) in [5.74, 6) is 1.40. The Morgan fingerprint density at radius 3 is 2.72 bits per heavy atom. The molecule has 0 aliphatic carbocycles. The molecule has 0 bridgehead atoms.